The van der Waals surface area contributed by atoms with E-state index in [1.54, 1.807) is 30.6 Å². The number of aromatic nitrogens is 2. The molecule has 1 aromatic heterocycles. The molecule has 0 amide bonds. The van der Waals surface area contributed by atoms with Gasteiger partial charge in [0.1, 0.15) is 0 Å². The summed E-state index contributed by atoms with van der Waals surface area (Å²) in [4.78, 5) is 20.2. The molecule has 138 valence electrons. The fourth-order valence-corrected chi connectivity index (χ4v) is 4.26. The highest BCUT2D eigenvalue weighted by molar-refractivity contribution is 7.88. The van der Waals surface area contributed by atoms with Crippen molar-refractivity contribution in [2.75, 3.05) is 19.3 Å². The summed E-state index contributed by atoms with van der Waals surface area (Å²) in [6, 6.07) is 6.69. The molecular weight excluding hydrogens is 354 g/mol. The summed E-state index contributed by atoms with van der Waals surface area (Å²) in [6.07, 6.45) is 6.82. The first-order valence-corrected chi connectivity index (χ1v) is 10.3. The van der Waals surface area contributed by atoms with E-state index in [1.807, 2.05) is 0 Å². The highest BCUT2D eigenvalue weighted by atomic mass is 32.2. The maximum atomic E-state index is 11.8. The van der Waals surface area contributed by atoms with Crippen molar-refractivity contribution >= 4 is 16.0 Å². The molecular formula is C18H21N3O4S. The van der Waals surface area contributed by atoms with Crippen molar-refractivity contribution in [1.29, 1.82) is 0 Å². The van der Waals surface area contributed by atoms with Crippen LogP contribution < -0.4 is 0 Å². The smallest absolute Gasteiger partial charge is 0.336 e. The summed E-state index contributed by atoms with van der Waals surface area (Å²) in [7, 11) is -3.19. The molecule has 8 heteroatoms. The molecule has 1 saturated heterocycles. The van der Waals surface area contributed by atoms with E-state index in [0.717, 1.165) is 18.5 Å². The lowest BCUT2D eigenvalue weighted by molar-refractivity contribution is 0.0697. The van der Waals surface area contributed by atoms with Gasteiger partial charge in [0, 0.05) is 24.8 Å². The maximum Gasteiger partial charge on any atom is 0.336 e. The van der Waals surface area contributed by atoms with Crippen LogP contribution in [0.15, 0.2) is 36.7 Å². The van der Waals surface area contributed by atoms with E-state index in [9.17, 15) is 18.3 Å². The lowest BCUT2D eigenvalue weighted by Crippen LogP contribution is -2.39. The number of hydrogen-bond donors (Lipinski definition) is 1. The van der Waals surface area contributed by atoms with Crippen LogP contribution in [0.1, 0.15) is 28.9 Å². The third kappa shape index (κ3) is 4.25. The first-order valence-electron chi connectivity index (χ1n) is 8.43. The summed E-state index contributed by atoms with van der Waals surface area (Å²) in [5, 5.41) is 9.35. The molecule has 3 rings (SSSR count). The van der Waals surface area contributed by atoms with Crippen molar-refractivity contribution in [2.45, 2.75) is 19.3 Å². The predicted molar refractivity (Wildman–Crippen MR) is 97.3 cm³/mol. The molecule has 2 aromatic rings. The van der Waals surface area contributed by atoms with Gasteiger partial charge in [-0.05, 0) is 31.2 Å². The second-order valence-electron chi connectivity index (χ2n) is 6.58. The van der Waals surface area contributed by atoms with Gasteiger partial charge < -0.3 is 5.11 Å². The molecule has 0 aliphatic carbocycles. The van der Waals surface area contributed by atoms with Crippen LogP contribution in [0, 0.1) is 5.92 Å². The number of benzene rings is 1. The second kappa shape index (κ2) is 7.51. The molecule has 1 aliphatic heterocycles. The number of rotatable bonds is 5. The molecule has 0 saturated carbocycles. The summed E-state index contributed by atoms with van der Waals surface area (Å²) >= 11 is 0. The van der Waals surface area contributed by atoms with E-state index in [1.165, 1.54) is 16.6 Å². The topological polar surface area (TPSA) is 100 Å². The molecule has 0 bridgehead atoms. The average molecular weight is 375 g/mol. The highest BCUT2D eigenvalue weighted by Gasteiger charge is 2.26. The third-order valence-electron chi connectivity index (χ3n) is 4.57. The van der Waals surface area contributed by atoms with Crippen LogP contribution in [0.3, 0.4) is 0 Å². The van der Waals surface area contributed by atoms with Gasteiger partial charge in [0.05, 0.1) is 29.4 Å². The second-order valence-corrected chi connectivity index (χ2v) is 8.56. The van der Waals surface area contributed by atoms with Crippen molar-refractivity contribution in [3.63, 3.8) is 0 Å². The normalized spacial score (nSPS) is 18.6. The van der Waals surface area contributed by atoms with Gasteiger partial charge in [-0.15, -0.1) is 0 Å². The number of sulfonamides is 1. The fraction of sp³-hybridized carbons (Fsp3) is 0.389. The number of nitrogens with zero attached hydrogens (tertiary/aromatic N) is 3. The molecule has 1 fully saturated rings. The van der Waals surface area contributed by atoms with Gasteiger partial charge >= 0.3 is 5.97 Å². The Morgan fingerprint density at radius 2 is 2.08 bits per heavy atom. The molecule has 1 aromatic carbocycles. The Kier molecular flexibility index (Phi) is 5.33. The Morgan fingerprint density at radius 3 is 2.81 bits per heavy atom. The van der Waals surface area contributed by atoms with Gasteiger partial charge in [-0.1, -0.05) is 18.2 Å². The van der Waals surface area contributed by atoms with Crippen molar-refractivity contribution < 1.29 is 18.3 Å². The van der Waals surface area contributed by atoms with Crippen LogP contribution in [0.25, 0.3) is 11.3 Å². The largest absolute Gasteiger partial charge is 0.478 e. The summed E-state index contributed by atoms with van der Waals surface area (Å²) < 4.78 is 25.0. The standard InChI is InChI=1S/C18H21N3O4S/c1-26(24,25)21-8-4-5-13(12-21)9-14-10-19-11-17(20-14)15-6-2-3-7-16(15)18(22)23/h2-3,6-7,10-11,13H,4-5,8-9,12H2,1H3,(H,22,23). The number of piperidine rings is 1. The Hall–Kier alpha value is -2.32. The van der Waals surface area contributed by atoms with Gasteiger partial charge in [-0.2, -0.15) is 0 Å². The minimum absolute atomic E-state index is 0.178. The monoisotopic (exact) mass is 375 g/mol. The molecule has 1 N–H and O–H groups in total. The van der Waals surface area contributed by atoms with E-state index in [2.05, 4.69) is 9.97 Å². The van der Waals surface area contributed by atoms with Crippen LogP contribution in [-0.4, -0.2) is 53.1 Å². The Bertz CT molecular complexity index is 914. The average Bonchev–Trinajstić information content (AvgIpc) is 2.61. The van der Waals surface area contributed by atoms with E-state index in [4.69, 9.17) is 0 Å². The molecule has 1 aliphatic rings. The Morgan fingerprint density at radius 1 is 1.31 bits per heavy atom. The quantitative estimate of drug-likeness (QED) is 0.858. The highest BCUT2D eigenvalue weighted by Crippen LogP contribution is 2.24. The number of aromatic carboxylic acids is 1. The zero-order valence-electron chi connectivity index (χ0n) is 14.5. The van der Waals surface area contributed by atoms with Gasteiger partial charge in [0.25, 0.3) is 0 Å². The fourth-order valence-electron chi connectivity index (χ4n) is 3.32. The molecule has 0 spiro atoms. The van der Waals surface area contributed by atoms with E-state index < -0.39 is 16.0 Å². The van der Waals surface area contributed by atoms with Gasteiger partial charge in [0.2, 0.25) is 10.0 Å². The minimum atomic E-state index is -3.19. The number of hydrogen-bond acceptors (Lipinski definition) is 5. The SMILES string of the molecule is CS(=O)(=O)N1CCCC(Cc2cncc(-c3ccccc3C(=O)O)n2)C1. The van der Waals surface area contributed by atoms with Crippen LogP contribution in [0.2, 0.25) is 0 Å². The summed E-state index contributed by atoms with van der Waals surface area (Å²) in [6.45, 7) is 1.05. The van der Waals surface area contributed by atoms with Gasteiger partial charge in [-0.3, -0.25) is 4.98 Å². The Balaban J connectivity index is 1.81. The first kappa shape index (κ1) is 18.5. The molecule has 7 nitrogen and oxygen atoms in total. The van der Waals surface area contributed by atoms with E-state index in [0.29, 0.717) is 30.8 Å². The van der Waals surface area contributed by atoms with E-state index >= 15 is 0 Å². The van der Waals surface area contributed by atoms with Crippen LogP contribution in [0.4, 0.5) is 0 Å². The molecule has 1 atom stereocenters. The van der Waals surface area contributed by atoms with E-state index in [-0.39, 0.29) is 11.5 Å². The molecule has 1 unspecified atom stereocenters. The van der Waals surface area contributed by atoms with Gasteiger partial charge in [-0.25, -0.2) is 22.5 Å². The van der Waals surface area contributed by atoms with Crippen LogP contribution in [-0.2, 0) is 16.4 Å². The van der Waals surface area contributed by atoms with Crippen LogP contribution >= 0.6 is 0 Å². The minimum Gasteiger partial charge on any atom is -0.478 e. The molecule has 0 radical (unpaired) electrons. The lowest BCUT2D eigenvalue weighted by atomic mass is 9.94. The number of carbonyl (C=O) groups is 1. The number of carboxylic acids is 1. The van der Waals surface area contributed by atoms with Gasteiger partial charge in [0.15, 0.2) is 0 Å². The zero-order chi connectivity index (χ0) is 18.7. The van der Waals surface area contributed by atoms with Crippen molar-refractivity contribution in [1.82, 2.24) is 14.3 Å². The molecule has 26 heavy (non-hydrogen) atoms. The summed E-state index contributed by atoms with van der Waals surface area (Å²) in [5.74, 6) is -0.832. The summed E-state index contributed by atoms with van der Waals surface area (Å²) in [5.41, 5.74) is 1.95. The third-order valence-corrected chi connectivity index (χ3v) is 5.84. The van der Waals surface area contributed by atoms with Crippen molar-refractivity contribution in [3.05, 3.63) is 47.9 Å². The zero-order valence-corrected chi connectivity index (χ0v) is 15.3. The van der Waals surface area contributed by atoms with Crippen molar-refractivity contribution in [2.24, 2.45) is 5.92 Å². The Labute approximate surface area is 152 Å². The maximum absolute atomic E-state index is 11.8. The predicted octanol–water partition coefficient (Wildman–Crippen LogP) is 2.06. The lowest BCUT2D eigenvalue weighted by Gasteiger charge is -2.30. The molecule has 2 heterocycles. The first-order chi connectivity index (χ1) is 12.3. The van der Waals surface area contributed by atoms with Crippen molar-refractivity contribution in [3.8, 4) is 11.3 Å². The number of carboxylic acid groups (broad SMARTS) is 1. The van der Waals surface area contributed by atoms with Crippen LogP contribution in [0.5, 0.6) is 0 Å².